The zero-order chi connectivity index (χ0) is 17.6. The number of fused-ring (bicyclic) bond motifs is 1. The van der Waals surface area contributed by atoms with Crippen molar-refractivity contribution in [3.05, 3.63) is 77.9 Å². The Morgan fingerprint density at radius 3 is 2.44 bits per heavy atom. The fourth-order valence-corrected chi connectivity index (χ4v) is 3.16. The van der Waals surface area contributed by atoms with Gasteiger partial charge < -0.3 is 15.3 Å². The van der Waals surface area contributed by atoms with Crippen molar-refractivity contribution in [1.82, 2.24) is 5.32 Å². The number of rotatable bonds is 7. The molecular weight excluding hydrogens is 308 g/mol. The SMILES string of the molecule is CC(NCc1ccc(N(C)CCO)cc1)c1cccc2ccccc12. The fourth-order valence-electron chi connectivity index (χ4n) is 3.16. The number of hydrogen-bond acceptors (Lipinski definition) is 3. The lowest BCUT2D eigenvalue weighted by Gasteiger charge is -2.19. The lowest BCUT2D eigenvalue weighted by atomic mass is 9.99. The molecule has 0 spiro atoms. The largest absolute Gasteiger partial charge is 0.395 e. The van der Waals surface area contributed by atoms with E-state index in [9.17, 15) is 0 Å². The number of nitrogens with one attached hydrogen (secondary N) is 1. The molecule has 0 fully saturated rings. The lowest BCUT2D eigenvalue weighted by molar-refractivity contribution is 0.304. The Balaban J connectivity index is 1.66. The molecule has 0 aliphatic carbocycles. The van der Waals surface area contributed by atoms with Crippen molar-refractivity contribution in [2.75, 3.05) is 25.1 Å². The van der Waals surface area contributed by atoms with E-state index in [0.29, 0.717) is 6.54 Å². The minimum atomic E-state index is 0.169. The molecule has 3 rings (SSSR count). The summed E-state index contributed by atoms with van der Waals surface area (Å²) in [5.74, 6) is 0. The normalized spacial score (nSPS) is 12.3. The molecule has 130 valence electrons. The molecule has 3 heteroatoms. The van der Waals surface area contributed by atoms with Crippen LogP contribution < -0.4 is 10.2 Å². The number of likely N-dealkylation sites (N-methyl/N-ethyl adjacent to an activating group) is 1. The minimum absolute atomic E-state index is 0.169. The number of aliphatic hydroxyl groups is 1. The second-order valence-corrected chi connectivity index (χ2v) is 6.48. The highest BCUT2D eigenvalue weighted by molar-refractivity contribution is 5.86. The molecule has 0 aliphatic rings. The van der Waals surface area contributed by atoms with E-state index in [2.05, 4.69) is 83.9 Å². The summed E-state index contributed by atoms with van der Waals surface area (Å²) in [7, 11) is 1.99. The van der Waals surface area contributed by atoms with E-state index < -0.39 is 0 Å². The Hall–Kier alpha value is -2.36. The summed E-state index contributed by atoms with van der Waals surface area (Å²) in [5, 5.41) is 15.3. The van der Waals surface area contributed by atoms with Gasteiger partial charge in [-0.15, -0.1) is 0 Å². The van der Waals surface area contributed by atoms with Gasteiger partial charge in [-0.05, 0) is 41.0 Å². The first-order valence-electron chi connectivity index (χ1n) is 8.81. The summed E-state index contributed by atoms with van der Waals surface area (Å²) in [6.07, 6.45) is 0. The van der Waals surface area contributed by atoms with Gasteiger partial charge in [0.05, 0.1) is 6.61 Å². The topological polar surface area (TPSA) is 35.5 Å². The monoisotopic (exact) mass is 334 g/mol. The molecule has 3 aromatic carbocycles. The molecule has 3 aromatic rings. The first-order valence-corrected chi connectivity index (χ1v) is 8.81. The standard InChI is InChI=1S/C22H26N2O/c1-17(21-9-5-7-19-6-3-4-8-22(19)21)23-16-18-10-12-20(13-11-18)24(2)14-15-25/h3-13,17,23,25H,14-16H2,1-2H3. The summed E-state index contributed by atoms with van der Waals surface area (Å²) in [6, 6.07) is 23.8. The van der Waals surface area contributed by atoms with Crippen LogP contribution in [0.4, 0.5) is 5.69 Å². The highest BCUT2D eigenvalue weighted by atomic mass is 16.3. The van der Waals surface area contributed by atoms with E-state index in [4.69, 9.17) is 5.11 Å². The molecule has 0 radical (unpaired) electrons. The predicted octanol–water partition coefficient (Wildman–Crippen LogP) is 4.12. The molecule has 0 bridgehead atoms. The third-order valence-corrected chi connectivity index (χ3v) is 4.71. The molecule has 0 aliphatic heterocycles. The van der Waals surface area contributed by atoms with Crippen molar-refractivity contribution < 1.29 is 5.11 Å². The van der Waals surface area contributed by atoms with Crippen LogP contribution >= 0.6 is 0 Å². The maximum Gasteiger partial charge on any atom is 0.0606 e. The predicted molar refractivity (Wildman–Crippen MR) is 106 cm³/mol. The number of nitrogens with zero attached hydrogens (tertiary/aromatic N) is 1. The summed E-state index contributed by atoms with van der Waals surface area (Å²) in [6.45, 7) is 3.86. The van der Waals surface area contributed by atoms with Gasteiger partial charge in [0, 0.05) is 31.9 Å². The Kier molecular flexibility index (Phi) is 5.69. The molecule has 0 saturated heterocycles. The van der Waals surface area contributed by atoms with E-state index in [0.717, 1.165) is 12.2 Å². The van der Waals surface area contributed by atoms with E-state index in [1.807, 2.05) is 7.05 Å². The zero-order valence-electron chi connectivity index (χ0n) is 14.9. The van der Waals surface area contributed by atoms with Crippen LogP contribution in [0.1, 0.15) is 24.1 Å². The van der Waals surface area contributed by atoms with Gasteiger partial charge in [-0.1, -0.05) is 54.6 Å². The van der Waals surface area contributed by atoms with Crippen LogP contribution in [-0.2, 0) is 6.54 Å². The fraction of sp³-hybridized carbons (Fsp3) is 0.273. The van der Waals surface area contributed by atoms with Gasteiger partial charge in [0.15, 0.2) is 0 Å². The van der Waals surface area contributed by atoms with Crippen LogP contribution in [0.15, 0.2) is 66.7 Å². The van der Waals surface area contributed by atoms with Crippen LogP contribution in [0, 0.1) is 0 Å². The van der Waals surface area contributed by atoms with Crippen LogP contribution in [0.25, 0.3) is 10.8 Å². The number of aliphatic hydroxyl groups excluding tert-OH is 1. The maximum atomic E-state index is 9.03. The minimum Gasteiger partial charge on any atom is -0.395 e. The summed E-state index contributed by atoms with van der Waals surface area (Å²) >= 11 is 0. The molecule has 25 heavy (non-hydrogen) atoms. The van der Waals surface area contributed by atoms with Gasteiger partial charge in [0.1, 0.15) is 0 Å². The molecule has 0 heterocycles. The Morgan fingerprint density at radius 1 is 0.960 bits per heavy atom. The van der Waals surface area contributed by atoms with Gasteiger partial charge in [0.2, 0.25) is 0 Å². The Morgan fingerprint density at radius 2 is 1.68 bits per heavy atom. The number of hydrogen-bond donors (Lipinski definition) is 2. The smallest absolute Gasteiger partial charge is 0.0606 e. The summed E-state index contributed by atoms with van der Waals surface area (Å²) in [4.78, 5) is 2.05. The van der Waals surface area contributed by atoms with Crippen LogP contribution in [-0.4, -0.2) is 25.3 Å². The first-order chi connectivity index (χ1) is 12.2. The average Bonchev–Trinajstić information content (AvgIpc) is 2.66. The van der Waals surface area contributed by atoms with Gasteiger partial charge in [0.25, 0.3) is 0 Å². The molecule has 0 saturated carbocycles. The van der Waals surface area contributed by atoms with Crippen molar-refractivity contribution >= 4 is 16.5 Å². The van der Waals surface area contributed by atoms with Crippen molar-refractivity contribution in [3.63, 3.8) is 0 Å². The van der Waals surface area contributed by atoms with Gasteiger partial charge in [-0.25, -0.2) is 0 Å². The maximum absolute atomic E-state index is 9.03. The van der Waals surface area contributed by atoms with E-state index >= 15 is 0 Å². The quantitative estimate of drug-likeness (QED) is 0.682. The molecule has 1 atom stereocenters. The van der Waals surface area contributed by atoms with E-state index in [-0.39, 0.29) is 12.6 Å². The molecule has 0 aromatic heterocycles. The summed E-state index contributed by atoms with van der Waals surface area (Å²) in [5.41, 5.74) is 3.71. The molecule has 3 nitrogen and oxygen atoms in total. The second-order valence-electron chi connectivity index (χ2n) is 6.48. The molecular formula is C22H26N2O. The third kappa shape index (κ3) is 4.19. The van der Waals surface area contributed by atoms with E-state index in [1.165, 1.54) is 21.9 Å². The van der Waals surface area contributed by atoms with Crippen molar-refractivity contribution in [2.45, 2.75) is 19.5 Å². The highest BCUT2D eigenvalue weighted by Gasteiger charge is 2.09. The second kappa shape index (κ2) is 8.15. The van der Waals surface area contributed by atoms with Crippen LogP contribution in [0.3, 0.4) is 0 Å². The third-order valence-electron chi connectivity index (χ3n) is 4.71. The average molecular weight is 334 g/mol. The number of benzene rings is 3. The van der Waals surface area contributed by atoms with Gasteiger partial charge in [-0.3, -0.25) is 0 Å². The van der Waals surface area contributed by atoms with Crippen molar-refractivity contribution in [1.29, 1.82) is 0 Å². The van der Waals surface area contributed by atoms with Crippen molar-refractivity contribution in [2.24, 2.45) is 0 Å². The van der Waals surface area contributed by atoms with Gasteiger partial charge >= 0.3 is 0 Å². The van der Waals surface area contributed by atoms with Gasteiger partial charge in [-0.2, -0.15) is 0 Å². The Labute approximate surface area is 149 Å². The Bertz CT molecular complexity index is 808. The van der Waals surface area contributed by atoms with Crippen molar-refractivity contribution in [3.8, 4) is 0 Å². The first kappa shape index (κ1) is 17.5. The molecule has 1 unspecified atom stereocenters. The highest BCUT2D eigenvalue weighted by Crippen LogP contribution is 2.24. The molecule has 0 amide bonds. The zero-order valence-corrected chi connectivity index (χ0v) is 14.9. The number of anilines is 1. The lowest BCUT2D eigenvalue weighted by Crippen LogP contribution is -2.21. The summed E-state index contributed by atoms with van der Waals surface area (Å²) < 4.78 is 0. The molecule has 2 N–H and O–H groups in total. The van der Waals surface area contributed by atoms with E-state index in [1.54, 1.807) is 0 Å². The van der Waals surface area contributed by atoms with Crippen LogP contribution in [0.5, 0.6) is 0 Å². The van der Waals surface area contributed by atoms with Crippen LogP contribution in [0.2, 0.25) is 0 Å².